The van der Waals surface area contributed by atoms with Crippen molar-refractivity contribution in [3.63, 3.8) is 0 Å². The average Bonchev–Trinajstić information content (AvgIpc) is 3.41. The van der Waals surface area contributed by atoms with Crippen molar-refractivity contribution in [2.45, 2.75) is 31.8 Å². The summed E-state index contributed by atoms with van der Waals surface area (Å²) in [5.74, 6) is 0.198. The van der Waals surface area contributed by atoms with Gasteiger partial charge in [0.05, 0.1) is 24.8 Å². The van der Waals surface area contributed by atoms with Gasteiger partial charge in [-0.3, -0.25) is 4.79 Å². The van der Waals surface area contributed by atoms with Crippen LogP contribution in [0, 0.1) is 11.3 Å². The lowest BCUT2D eigenvalue weighted by Crippen LogP contribution is -2.50. The van der Waals surface area contributed by atoms with Gasteiger partial charge >= 0.3 is 0 Å². The lowest BCUT2D eigenvalue weighted by Gasteiger charge is -2.40. The molecule has 1 fully saturated rings. The third-order valence-electron chi connectivity index (χ3n) is 7.49. The molecule has 0 bridgehead atoms. The predicted octanol–water partition coefficient (Wildman–Crippen LogP) is 5.27. The first-order valence-corrected chi connectivity index (χ1v) is 13.5. The first-order chi connectivity index (χ1) is 18.7. The molecule has 1 saturated heterocycles. The molecule has 0 saturated carbocycles. The predicted molar refractivity (Wildman–Crippen MR) is 158 cm³/mol. The van der Waals surface area contributed by atoms with Gasteiger partial charge in [0.25, 0.3) is 0 Å². The lowest BCUT2D eigenvalue weighted by molar-refractivity contribution is -0.134. The number of nitrogens with zero attached hydrogens (tertiary/aromatic N) is 5. The second-order valence-corrected chi connectivity index (χ2v) is 10.1. The second-order valence-electron chi connectivity index (χ2n) is 10.1. The van der Waals surface area contributed by atoms with Gasteiger partial charge in [0.2, 0.25) is 5.91 Å². The Labute approximate surface area is 238 Å². The van der Waals surface area contributed by atoms with Crippen molar-refractivity contribution in [1.82, 2.24) is 14.7 Å². The Morgan fingerprint density at radius 1 is 0.846 bits per heavy atom. The maximum absolute atomic E-state index is 13.7. The molecule has 0 radical (unpaired) electrons. The molecule has 0 N–H and O–H groups in total. The van der Waals surface area contributed by atoms with Gasteiger partial charge in [-0.15, -0.1) is 12.4 Å². The molecule has 1 amide bonds. The lowest BCUT2D eigenvalue weighted by atomic mass is 10.0. The topological polar surface area (TPSA) is 53.8 Å². The van der Waals surface area contributed by atoms with Gasteiger partial charge in [0.15, 0.2) is 0 Å². The van der Waals surface area contributed by atoms with E-state index in [2.05, 4.69) is 86.5 Å². The third-order valence-corrected chi connectivity index (χ3v) is 7.49. The summed E-state index contributed by atoms with van der Waals surface area (Å²) >= 11 is 0. The van der Waals surface area contributed by atoms with E-state index in [9.17, 15) is 4.79 Å². The number of halogens is 1. The zero-order valence-corrected chi connectivity index (χ0v) is 23.0. The maximum atomic E-state index is 13.7. The van der Waals surface area contributed by atoms with Crippen LogP contribution in [0.25, 0.3) is 0 Å². The molecule has 2 aliphatic rings. The number of anilines is 1. The number of amides is 1. The molecule has 0 unspecified atom stereocenters. The standard InChI is InChI=1S/C32H35N5O.ClH/c33-23-28-11-13-29(14-12-28)24-34-21-22-35(26-34)25-32(38)37(20-15-27-7-3-1-4-8-27)31-16-18-36(19-17-31)30-9-5-2-6-10-30;/h1-14,21-22,31H,15-20,24-26H2;1H. The molecule has 7 heteroatoms. The minimum atomic E-state index is 0. The fourth-order valence-electron chi connectivity index (χ4n) is 5.39. The Morgan fingerprint density at radius 2 is 1.49 bits per heavy atom. The van der Waals surface area contributed by atoms with Crippen LogP contribution in [0.3, 0.4) is 0 Å². The number of carbonyl (C=O) groups excluding carboxylic acids is 1. The van der Waals surface area contributed by atoms with Crippen molar-refractivity contribution in [2.24, 2.45) is 0 Å². The molecule has 2 heterocycles. The third kappa shape index (κ3) is 7.55. The SMILES string of the molecule is Cl.N#Cc1ccc(CN2C=CN(CC(=O)N(CCc3ccccc3)C3CCN(c4ccccc4)CC3)C2)cc1. The van der Waals surface area contributed by atoms with Crippen molar-refractivity contribution >= 4 is 24.0 Å². The van der Waals surface area contributed by atoms with Gasteiger partial charge in [-0.1, -0.05) is 60.7 Å². The highest BCUT2D eigenvalue weighted by Crippen LogP contribution is 2.23. The average molecular weight is 542 g/mol. The zero-order valence-electron chi connectivity index (χ0n) is 22.2. The Bertz CT molecular complexity index is 1250. The van der Waals surface area contributed by atoms with Gasteiger partial charge < -0.3 is 19.6 Å². The van der Waals surface area contributed by atoms with E-state index in [4.69, 9.17) is 5.26 Å². The van der Waals surface area contributed by atoms with Crippen molar-refractivity contribution < 1.29 is 4.79 Å². The molecule has 0 atom stereocenters. The minimum Gasteiger partial charge on any atom is -0.371 e. The van der Waals surface area contributed by atoms with Crippen molar-refractivity contribution in [1.29, 1.82) is 5.26 Å². The van der Waals surface area contributed by atoms with Crippen LogP contribution in [0.2, 0.25) is 0 Å². The normalized spacial score (nSPS) is 15.1. The van der Waals surface area contributed by atoms with Crippen LogP contribution >= 0.6 is 12.4 Å². The van der Waals surface area contributed by atoms with Gasteiger partial charge in [-0.2, -0.15) is 5.26 Å². The quantitative estimate of drug-likeness (QED) is 0.369. The maximum Gasteiger partial charge on any atom is 0.242 e. The Kier molecular flexibility index (Phi) is 9.88. The highest BCUT2D eigenvalue weighted by molar-refractivity contribution is 5.85. The zero-order chi connectivity index (χ0) is 26.2. The molecular formula is C32H36ClN5O. The van der Waals surface area contributed by atoms with Gasteiger partial charge in [0.1, 0.15) is 0 Å². The van der Waals surface area contributed by atoms with Gasteiger partial charge in [-0.05, 0) is 54.7 Å². The summed E-state index contributed by atoms with van der Waals surface area (Å²) in [6.45, 7) is 4.49. The van der Waals surface area contributed by atoms with E-state index in [1.807, 2.05) is 36.5 Å². The summed E-state index contributed by atoms with van der Waals surface area (Å²) < 4.78 is 0. The van der Waals surface area contributed by atoms with Crippen LogP contribution in [0.15, 0.2) is 97.3 Å². The molecule has 0 aliphatic carbocycles. The van der Waals surface area contributed by atoms with Crippen molar-refractivity contribution in [3.8, 4) is 6.07 Å². The van der Waals surface area contributed by atoms with E-state index in [1.54, 1.807) is 0 Å². The smallest absolute Gasteiger partial charge is 0.242 e. The highest BCUT2D eigenvalue weighted by atomic mass is 35.5. The van der Waals surface area contributed by atoms with Crippen LogP contribution in [0.5, 0.6) is 0 Å². The summed E-state index contributed by atoms with van der Waals surface area (Å²) in [5, 5.41) is 9.02. The number of benzene rings is 3. The summed E-state index contributed by atoms with van der Waals surface area (Å²) in [6, 6.07) is 31.1. The summed E-state index contributed by atoms with van der Waals surface area (Å²) in [7, 11) is 0. The van der Waals surface area contributed by atoms with Crippen LogP contribution in [-0.2, 0) is 17.8 Å². The largest absolute Gasteiger partial charge is 0.371 e. The number of hydrogen-bond acceptors (Lipinski definition) is 5. The number of carbonyl (C=O) groups is 1. The van der Waals surface area contributed by atoms with E-state index in [-0.39, 0.29) is 24.4 Å². The molecule has 5 rings (SSSR count). The highest BCUT2D eigenvalue weighted by Gasteiger charge is 2.29. The second kappa shape index (κ2) is 13.7. The van der Waals surface area contributed by atoms with Crippen LogP contribution in [-0.4, -0.2) is 59.5 Å². The molecule has 202 valence electrons. The van der Waals surface area contributed by atoms with Crippen molar-refractivity contribution in [3.05, 3.63) is 114 Å². The van der Waals surface area contributed by atoms with Gasteiger partial charge in [-0.25, -0.2) is 0 Å². The van der Waals surface area contributed by atoms with Crippen molar-refractivity contribution in [2.75, 3.05) is 37.7 Å². The number of hydrogen-bond donors (Lipinski definition) is 0. The van der Waals surface area contributed by atoms with Gasteiger partial charge in [0, 0.05) is 50.3 Å². The number of nitriles is 1. The number of piperidine rings is 1. The summed E-state index contributed by atoms with van der Waals surface area (Å²) in [6.07, 6.45) is 6.91. The molecule has 39 heavy (non-hydrogen) atoms. The minimum absolute atomic E-state index is 0. The summed E-state index contributed by atoms with van der Waals surface area (Å²) in [5.41, 5.74) is 4.35. The summed E-state index contributed by atoms with van der Waals surface area (Å²) in [4.78, 5) is 22.6. The van der Waals surface area contributed by atoms with E-state index in [1.165, 1.54) is 11.3 Å². The monoisotopic (exact) mass is 541 g/mol. The fourth-order valence-corrected chi connectivity index (χ4v) is 5.39. The molecular weight excluding hydrogens is 506 g/mol. The molecule has 3 aromatic carbocycles. The molecule has 0 aromatic heterocycles. The number of rotatable bonds is 9. The Hall–Kier alpha value is -3.95. The Balaban J connectivity index is 0.00000353. The Morgan fingerprint density at radius 3 is 2.15 bits per heavy atom. The fraction of sp³-hybridized carbons (Fsp3) is 0.312. The molecule has 3 aromatic rings. The molecule has 0 spiro atoms. The molecule has 6 nitrogen and oxygen atoms in total. The van der Waals surface area contributed by atoms with E-state index in [0.717, 1.165) is 51.0 Å². The first-order valence-electron chi connectivity index (χ1n) is 13.5. The van der Waals surface area contributed by atoms with E-state index in [0.29, 0.717) is 18.8 Å². The van der Waals surface area contributed by atoms with E-state index >= 15 is 0 Å². The van der Waals surface area contributed by atoms with Crippen LogP contribution in [0.1, 0.15) is 29.5 Å². The first kappa shape index (κ1) is 28.1. The molecule has 2 aliphatic heterocycles. The van der Waals surface area contributed by atoms with Crippen LogP contribution in [0.4, 0.5) is 5.69 Å². The van der Waals surface area contributed by atoms with E-state index < -0.39 is 0 Å². The van der Waals surface area contributed by atoms with Crippen LogP contribution < -0.4 is 4.90 Å². The number of para-hydroxylation sites is 1.